The molecule has 4 aromatic rings. The lowest BCUT2D eigenvalue weighted by molar-refractivity contribution is -0.139. The Balaban J connectivity index is 1.81. The predicted octanol–water partition coefficient (Wildman–Crippen LogP) is 5.79. The van der Waals surface area contributed by atoms with E-state index in [1.54, 1.807) is 60.7 Å². The van der Waals surface area contributed by atoms with E-state index in [2.05, 4.69) is 5.32 Å². The van der Waals surface area contributed by atoms with Crippen LogP contribution in [-0.2, 0) is 39.0 Å². The Morgan fingerprint density at radius 2 is 1.47 bits per heavy atom. The van der Waals surface area contributed by atoms with Crippen molar-refractivity contribution in [2.75, 3.05) is 17.9 Å². The largest absolute Gasteiger partial charge is 0.357 e. The zero-order valence-corrected chi connectivity index (χ0v) is 26.1. The van der Waals surface area contributed by atoms with E-state index in [0.717, 1.165) is 26.6 Å². The Kier molecular flexibility index (Phi) is 10.6. The molecule has 1 atom stereocenters. The minimum Gasteiger partial charge on any atom is -0.357 e. The molecule has 0 saturated carbocycles. The number of hydrogen-bond donors (Lipinski definition) is 1. The first kappa shape index (κ1) is 31.8. The van der Waals surface area contributed by atoms with Gasteiger partial charge in [0.15, 0.2) is 0 Å². The summed E-state index contributed by atoms with van der Waals surface area (Å²) in [6.07, 6.45) is 0.809. The zero-order valence-electron chi connectivity index (χ0n) is 24.5. The van der Waals surface area contributed by atoms with Crippen molar-refractivity contribution in [3.8, 4) is 0 Å². The molecule has 43 heavy (non-hydrogen) atoms. The summed E-state index contributed by atoms with van der Waals surface area (Å²) in [6, 6.07) is 29.3. The maximum atomic E-state index is 14.4. The molecule has 4 aromatic carbocycles. The van der Waals surface area contributed by atoms with Crippen LogP contribution < -0.4 is 9.62 Å². The van der Waals surface area contributed by atoms with E-state index < -0.39 is 28.5 Å². The molecule has 0 bridgehead atoms. The van der Waals surface area contributed by atoms with Crippen LogP contribution in [0.3, 0.4) is 0 Å². The van der Waals surface area contributed by atoms with Crippen molar-refractivity contribution in [3.63, 3.8) is 0 Å². The molecule has 9 heteroatoms. The van der Waals surface area contributed by atoms with Crippen LogP contribution in [0.2, 0.25) is 5.02 Å². The Hall–Kier alpha value is -4.14. The van der Waals surface area contributed by atoms with Gasteiger partial charge in [-0.3, -0.25) is 13.9 Å². The van der Waals surface area contributed by atoms with Gasteiger partial charge < -0.3 is 10.2 Å². The number of rotatable bonds is 12. The second-order valence-electron chi connectivity index (χ2n) is 10.3. The van der Waals surface area contributed by atoms with Crippen LogP contribution in [0.5, 0.6) is 0 Å². The van der Waals surface area contributed by atoms with E-state index in [9.17, 15) is 18.0 Å². The molecule has 0 unspecified atom stereocenters. The Bertz CT molecular complexity index is 1640. The minimum atomic E-state index is -4.15. The third-order valence-electron chi connectivity index (χ3n) is 7.31. The van der Waals surface area contributed by atoms with Crippen molar-refractivity contribution in [3.05, 3.63) is 130 Å². The molecular weight excluding hydrogens is 582 g/mol. The molecule has 0 saturated heterocycles. The fourth-order valence-corrected chi connectivity index (χ4v) is 6.49. The molecule has 0 aliphatic heterocycles. The molecule has 7 nitrogen and oxygen atoms in total. The van der Waals surface area contributed by atoms with Gasteiger partial charge in [-0.2, -0.15) is 0 Å². The first-order valence-corrected chi connectivity index (χ1v) is 15.9. The standard InChI is InChI=1S/C34H36ClN3O4S/c1-4-28-12-8-9-13-31(28)38(43(41,42)30-20-14-25(2)15-21-30)24-33(39)37(23-27-16-18-29(35)19-17-27)32(34(40)36-3)22-26-10-6-5-7-11-26/h5-21,32H,4,22-24H2,1-3H3,(H,36,40)/t32-/m0/s1. The van der Waals surface area contributed by atoms with E-state index >= 15 is 0 Å². The van der Waals surface area contributed by atoms with Crippen LogP contribution >= 0.6 is 11.6 Å². The average Bonchev–Trinajstić information content (AvgIpc) is 3.02. The van der Waals surface area contributed by atoms with E-state index in [1.807, 2.05) is 56.3 Å². The Labute approximate surface area is 259 Å². The van der Waals surface area contributed by atoms with E-state index in [4.69, 9.17) is 11.6 Å². The van der Waals surface area contributed by atoms with Gasteiger partial charge in [0.05, 0.1) is 10.6 Å². The number of benzene rings is 4. The van der Waals surface area contributed by atoms with Gasteiger partial charge in [-0.15, -0.1) is 0 Å². The quantitative estimate of drug-likeness (QED) is 0.218. The highest BCUT2D eigenvalue weighted by Crippen LogP contribution is 2.29. The predicted molar refractivity (Wildman–Crippen MR) is 172 cm³/mol. The molecule has 0 aromatic heterocycles. The highest BCUT2D eigenvalue weighted by atomic mass is 35.5. The first-order valence-electron chi connectivity index (χ1n) is 14.1. The summed E-state index contributed by atoms with van der Waals surface area (Å²) in [5.74, 6) is -0.867. The number of carbonyl (C=O) groups is 2. The fourth-order valence-electron chi connectivity index (χ4n) is 4.91. The first-order chi connectivity index (χ1) is 20.6. The summed E-state index contributed by atoms with van der Waals surface area (Å²) in [7, 11) is -2.63. The molecule has 0 spiro atoms. The number of anilines is 1. The minimum absolute atomic E-state index is 0.0770. The molecule has 0 aliphatic carbocycles. The number of hydrogen-bond acceptors (Lipinski definition) is 4. The summed E-state index contributed by atoms with van der Waals surface area (Å²) >= 11 is 6.12. The third kappa shape index (κ3) is 7.83. The van der Waals surface area contributed by atoms with E-state index in [-0.39, 0.29) is 23.8 Å². The smallest absolute Gasteiger partial charge is 0.264 e. The normalized spacial score (nSPS) is 11.9. The van der Waals surface area contributed by atoms with Gasteiger partial charge in [0.2, 0.25) is 11.8 Å². The van der Waals surface area contributed by atoms with Gasteiger partial charge >= 0.3 is 0 Å². The average molecular weight is 618 g/mol. The van der Waals surface area contributed by atoms with E-state index in [1.165, 1.54) is 11.9 Å². The second kappa shape index (κ2) is 14.4. The number of likely N-dealkylation sites (N-methyl/N-ethyl adjacent to an activating group) is 1. The van der Waals surface area contributed by atoms with Gasteiger partial charge in [0.1, 0.15) is 12.6 Å². The number of aryl methyl sites for hydroxylation is 2. The van der Waals surface area contributed by atoms with Crippen molar-refractivity contribution >= 4 is 39.1 Å². The number of carbonyl (C=O) groups excluding carboxylic acids is 2. The highest BCUT2D eigenvalue weighted by Gasteiger charge is 2.34. The summed E-state index contributed by atoms with van der Waals surface area (Å²) in [5.41, 5.74) is 3.73. The van der Waals surface area contributed by atoms with Crippen molar-refractivity contribution in [1.82, 2.24) is 10.2 Å². The van der Waals surface area contributed by atoms with Crippen molar-refractivity contribution in [2.24, 2.45) is 0 Å². The number of sulfonamides is 1. The van der Waals surface area contributed by atoms with Crippen LogP contribution in [-0.4, -0.2) is 44.8 Å². The summed E-state index contributed by atoms with van der Waals surface area (Å²) < 4.78 is 29.5. The lowest BCUT2D eigenvalue weighted by atomic mass is 10.0. The van der Waals surface area contributed by atoms with Gasteiger partial charge in [-0.1, -0.05) is 96.9 Å². The summed E-state index contributed by atoms with van der Waals surface area (Å²) in [5, 5.41) is 3.24. The van der Waals surface area contributed by atoms with Crippen LogP contribution in [0.1, 0.15) is 29.2 Å². The van der Waals surface area contributed by atoms with Crippen molar-refractivity contribution in [2.45, 2.75) is 44.2 Å². The molecule has 1 N–H and O–H groups in total. The Morgan fingerprint density at radius 1 is 0.837 bits per heavy atom. The van der Waals surface area contributed by atoms with Crippen LogP contribution in [0.25, 0.3) is 0 Å². The lowest BCUT2D eigenvalue weighted by Crippen LogP contribution is -2.53. The SMILES string of the molecule is CCc1ccccc1N(CC(=O)N(Cc1ccc(Cl)cc1)[C@@H](Cc1ccccc1)C(=O)NC)S(=O)(=O)c1ccc(C)cc1. The van der Waals surface area contributed by atoms with Crippen LogP contribution in [0.4, 0.5) is 5.69 Å². The molecule has 2 amide bonds. The number of halogens is 1. The molecular formula is C34H36ClN3O4S. The number of para-hydroxylation sites is 1. The number of nitrogens with zero attached hydrogens (tertiary/aromatic N) is 2. The van der Waals surface area contributed by atoms with Gasteiger partial charge in [-0.25, -0.2) is 8.42 Å². The second-order valence-corrected chi connectivity index (χ2v) is 12.6. The Morgan fingerprint density at radius 3 is 2.09 bits per heavy atom. The number of amides is 2. The monoisotopic (exact) mass is 617 g/mol. The highest BCUT2D eigenvalue weighted by molar-refractivity contribution is 7.92. The molecule has 0 heterocycles. The van der Waals surface area contributed by atoms with Crippen LogP contribution in [0, 0.1) is 6.92 Å². The maximum Gasteiger partial charge on any atom is 0.264 e. The lowest BCUT2D eigenvalue weighted by Gasteiger charge is -2.34. The third-order valence-corrected chi connectivity index (χ3v) is 9.34. The summed E-state index contributed by atoms with van der Waals surface area (Å²) in [6.45, 7) is 3.40. The molecule has 0 radical (unpaired) electrons. The molecule has 0 fully saturated rings. The molecule has 0 aliphatic rings. The van der Waals surface area contributed by atoms with Gasteiger partial charge in [0.25, 0.3) is 10.0 Å². The van der Waals surface area contributed by atoms with Gasteiger partial charge in [-0.05, 0) is 60.4 Å². The van der Waals surface area contributed by atoms with E-state index in [0.29, 0.717) is 17.1 Å². The van der Waals surface area contributed by atoms with Crippen molar-refractivity contribution in [1.29, 1.82) is 0 Å². The number of nitrogens with one attached hydrogen (secondary N) is 1. The fraction of sp³-hybridized carbons (Fsp3) is 0.235. The summed E-state index contributed by atoms with van der Waals surface area (Å²) in [4.78, 5) is 29.3. The van der Waals surface area contributed by atoms with Gasteiger partial charge in [0, 0.05) is 25.0 Å². The maximum absolute atomic E-state index is 14.4. The molecule has 224 valence electrons. The molecule has 4 rings (SSSR count). The zero-order chi connectivity index (χ0) is 31.0. The van der Waals surface area contributed by atoms with Crippen molar-refractivity contribution < 1.29 is 18.0 Å². The van der Waals surface area contributed by atoms with Crippen LogP contribution in [0.15, 0.2) is 108 Å². The topological polar surface area (TPSA) is 86.8 Å².